The van der Waals surface area contributed by atoms with Crippen LogP contribution in [0.4, 0.5) is 10.1 Å². The molecular weight excluding hydrogens is 489 g/mol. The van der Waals surface area contributed by atoms with E-state index in [1.165, 1.54) is 24.3 Å². The summed E-state index contributed by atoms with van der Waals surface area (Å²) in [7, 11) is 1.64. The van der Waals surface area contributed by atoms with Crippen LogP contribution in [0.5, 0.6) is 5.75 Å². The van der Waals surface area contributed by atoms with Gasteiger partial charge in [0.15, 0.2) is 5.11 Å². The van der Waals surface area contributed by atoms with Crippen LogP contribution < -0.4 is 15.4 Å². The Bertz CT molecular complexity index is 1390. The molecule has 2 N–H and O–H groups in total. The third kappa shape index (κ3) is 5.31. The Kier molecular flexibility index (Phi) is 7.14. The van der Waals surface area contributed by atoms with Gasteiger partial charge in [0.2, 0.25) is 5.91 Å². The zero-order valence-corrected chi connectivity index (χ0v) is 21.0. The molecule has 2 atom stereocenters. The Labute approximate surface area is 219 Å². The van der Waals surface area contributed by atoms with E-state index in [0.717, 1.165) is 22.8 Å². The minimum absolute atomic E-state index is 0.183. The van der Waals surface area contributed by atoms with Crippen molar-refractivity contribution >= 4 is 28.9 Å². The standard InChI is InChI=1S/C28H26FN5O2S/c1-36-22-7-4-6-21(18-22)33-16-5-9-24(33)27-26(23-8-2-3-15-30-23)32-28(37)34(27)17-14-25(35)31-20-12-10-19(29)11-13-20/h2-13,15-16,18,26-27H,14,17H2,1H3,(H,31,35)(H,32,37)/t26-,27+/m1/s1. The van der Waals surface area contributed by atoms with Gasteiger partial charge in [0, 0.05) is 48.5 Å². The number of rotatable bonds is 8. The van der Waals surface area contributed by atoms with Crippen molar-refractivity contribution in [2.45, 2.75) is 18.5 Å². The third-order valence-corrected chi connectivity index (χ3v) is 6.67. The maximum Gasteiger partial charge on any atom is 0.226 e. The minimum atomic E-state index is -0.353. The van der Waals surface area contributed by atoms with E-state index in [2.05, 4.69) is 26.3 Å². The summed E-state index contributed by atoms with van der Waals surface area (Å²) >= 11 is 5.75. The molecule has 0 radical (unpaired) electrons. The van der Waals surface area contributed by atoms with Gasteiger partial charge in [0.1, 0.15) is 11.6 Å². The molecule has 2 aromatic carbocycles. The number of benzene rings is 2. The number of methoxy groups -OCH3 is 1. The molecule has 1 aliphatic rings. The Morgan fingerprint density at radius 2 is 1.95 bits per heavy atom. The Morgan fingerprint density at radius 3 is 2.70 bits per heavy atom. The summed E-state index contributed by atoms with van der Waals surface area (Å²) in [4.78, 5) is 19.4. The molecular formula is C28H26FN5O2S. The smallest absolute Gasteiger partial charge is 0.226 e. The van der Waals surface area contributed by atoms with E-state index in [9.17, 15) is 9.18 Å². The van der Waals surface area contributed by atoms with Crippen LogP contribution in [0, 0.1) is 5.82 Å². The predicted molar refractivity (Wildman–Crippen MR) is 144 cm³/mol. The van der Waals surface area contributed by atoms with Crippen LogP contribution in [-0.4, -0.2) is 39.1 Å². The van der Waals surface area contributed by atoms with Crippen molar-refractivity contribution < 1.29 is 13.9 Å². The van der Waals surface area contributed by atoms with Gasteiger partial charge < -0.3 is 24.8 Å². The Hall–Kier alpha value is -4.24. The largest absolute Gasteiger partial charge is 0.497 e. The number of halogens is 1. The summed E-state index contributed by atoms with van der Waals surface area (Å²) in [5.74, 6) is 0.222. The summed E-state index contributed by atoms with van der Waals surface area (Å²) in [6.45, 7) is 0.385. The number of carbonyl (C=O) groups is 1. The topological polar surface area (TPSA) is 71.4 Å². The molecule has 4 aromatic rings. The van der Waals surface area contributed by atoms with Crippen molar-refractivity contribution in [3.05, 3.63) is 108 Å². The monoisotopic (exact) mass is 515 g/mol. The van der Waals surface area contributed by atoms with Crippen LogP contribution in [0.2, 0.25) is 0 Å². The van der Waals surface area contributed by atoms with Crippen LogP contribution in [0.1, 0.15) is 29.9 Å². The van der Waals surface area contributed by atoms with Crippen molar-refractivity contribution in [1.82, 2.24) is 19.8 Å². The van der Waals surface area contributed by atoms with Gasteiger partial charge in [-0.3, -0.25) is 9.78 Å². The third-order valence-electron chi connectivity index (χ3n) is 6.32. The second-order valence-electron chi connectivity index (χ2n) is 8.63. The first-order chi connectivity index (χ1) is 18.0. The van der Waals surface area contributed by atoms with E-state index < -0.39 is 0 Å². The second-order valence-corrected chi connectivity index (χ2v) is 9.02. The molecule has 1 saturated heterocycles. The highest BCUT2D eigenvalue weighted by Crippen LogP contribution is 2.39. The molecule has 9 heteroatoms. The lowest BCUT2D eigenvalue weighted by Gasteiger charge is -2.29. The summed E-state index contributed by atoms with van der Waals surface area (Å²) in [6.07, 6.45) is 3.96. The van der Waals surface area contributed by atoms with Gasteiger partial charge >= 0.3 is 0 Å². The first-order valence-electron chi connectivity index (χ1n) is 11.9. The molecule has 0 saturated carbocycles. The number of nitrogens with zero attached hydrogens (tertiary/aromatic N) is 3. The van der Waals surface area contributed by atoms with Crippen molar-refractivity contribution in [1.29, 1.82) is 0 Å². The van der Waals surface area contributed by atoms with Gasteiger partial charge in [0.05, 0.1) is 24.9 Å². The van der Waals surface area contributed by atoms with E-state index in [0.29, 0.717) is 17.3 Å². The highest BCUT2D eigenvalue weighted by molar-refractivity contribution is 7.80. The van der Waals surface area contributed by atoms with Crippen molar-refractivity contribution in [3.63, 3.8) is 0 Å². The number of pyridine rings is 1. The van der Waals surface area contributed by atoms with E-state index >= 15 is 0 Å². The highest BCUT2D eigenvalue weighted by Gasteiger charge is 2.41. The molecule has 1 aliphatic heterocycles. The van der Waals surface area contributed by atoms with Crippen LogP contribution in [0.15, 0.2) is 91.3 Å². The predicted octanol–water partition coefficient (Wildman–Crippen LogP) is 5.02. The number of aromatic nitrogens is 2. The maximum atomic E-state index is 13.2. The van der Waals surface area contributed by atoms with Crippen LogP contribution in [-0.2, 0) is 4.79 Å². The number of amides is 1. The quantitative estimate of drug-likeness (QED) is 0.321. The average Bonchev–Trinajstić information content (AvgIpc) is 3.53. The molecule has 3 heterocycles. The molecule has 2 aromatic heterocycles. The number of thiocarbonyl (C=S) groups is 1. The summed E-state index contributed by atoms with van der Waals surface area (Å²) in [6, 6.07) is 23.0. The number of hydrogen-bond donors (Lipinski definition) is 2. The van der Waals surface area contributed by atoms with Gasteiger partial charge in [-0.05, 0) is 72.9 Å². The van der Waals surface area contributed by atoms with E-state index in [4.69, 9.17) is 17.0 Å². The molecule has 1 fully saturated rings. The zero-order chi connectivity index (χ0) is 25.8. The molecule has 1 amide bonds. The molecule has 0 bridgehead atoms. The minimum Gasteiger partial charge on any atom is -0.497 e. The Balaban J connectivity index is 1.44. The SMILES string of the molecule is COc1cccc(-n2cccc2[C@H]2[C@@H](c3ccccn3)NC(=S)N2CCC(=O)Nc2ccc(F)cc2)c1. The van der Waals surface area contributed by atoms with Crippen LogP contribution in [0.25, 0.3) is 5.69 Å². The van der Waals surface area contributed by atoms with Crippen molar-refractivity contribution in [2.75, 3.05) is 19.0 Å². The van der Waals surface area contributed by atoms with Gasteiger partial charge in [0.25, 0.3) is 0 Å². The van der Waals surface area contributed by atoms with Crippen LogP contribution in [0.3, 0.4) is 0 Å². The van der Waals surface area contributed by atoms with Gasteiger partial charge in [-0.25, -0.2) is 4.39 Å². The Morgan fingerprint density at radius 1 is 1.11 bits per heavy atom. The highest BCUT2D eigenvalue weighted by atomic mass is 32.1. The van der Waals surface area contributed by atoms with Crippen LogP contribution >= 0.6 is 12.2 Å². The molecule has 5 rings (SSSR count). The zero-order valence-electron chi connectivity index (χ0n) is 20.2. The maximum absolute atomic E-state index is 13.2. The molecule has 0 spiro atoms. The van der Waals surface area contributed by atoms with Gasteiger partial charge in [-0.1, -0.05) is 12.1 Å². The second kappa shape index (κ2) is 10.8. The lowest BCUT2D eigenvalue weighted by atomic mass is 10.0. The molecule has 37 heavy (non-hydrogen) atoms. The fourth-order valence-corrected chi connectivity index (χ4v) is 4.91. The number of carbonyl (C=O) groups excluding carboxylic acids is 1. The van der Waals surface area contributed by atoms with Crippen molar-refractivity contribution in [2.24, 2.45) is 0 Å². The van der Waals surface area contributed by atoms with Gasteiger partial charge in [-0.2, -0.15) is 0 Å². The lowest BCUT2D eigenvalue weighted by molar-refractivity contribution is -0.116. The fraction of sp³-hybridized carbons (Fsp3) is 0.179. The number of anilines is 1. The van der Waals surface area contributed by atoms with Gasteiger partial charge in [-0.15, -0.1) is 0 Å². The molecule has 0 aliphatic carbocycles. The fourth-order valence-electron chi connectivity index (χ4n) is 4.58. The summed E-state index contributed by atoms with van der Waals surface area (Å²) in [5.41, 5.74) is 3.34. The summed E-state index contributed by atoms with van der Waals surface area (Å²) < 4.78 is 20.8. The average molecular weight is 516 g/mol. The van der Waals surface area contributed by atoms with E-state index in [-0.39, 0.29) is 30.2 Å². The van der Waals surface area contributed by atoms with E-state index in [1.54, 1.807) is 13.3 Å². The lowest BCUT2D eigenvalue weighted by Crippen LogP contribution is -2.33. The molecule has 188 valence electrons. The number of hydrogen-bond acceptors (Lipinski definition) is 4. The summed E-state index contributed by atoms with van der Waals surface area (Å²) in [5, 5.41) is 6.80. The van der Waals surface area contributed by atoms with Crippen molar-refractivity contribution in [3.8, 4) is 11.4 Å². The van der Waals surface area contributed by atoms with E-state index in [1.807, 2.05) is 59.6 Å². The normalized spacial score (nSPS) is 16.9. The number of ether oxygens (including phenoxy) is 1. The molecule has 0 unspecified atom stereocenters. The molecule has 7 nitrogen and oxygen atoms in total. The number of nitrogens with one attached hydrogen (secondary N) is 2. The first kappa shape index (κ1) is 24.5. The first-order valence-corrected chi connectivity index (χ1v) is 12.3.